The lowest BCUT2D eigenvalue weighted by Crippen LogP contribution is -2.48. The molecule has 1 aliphatic heterocycles. The van der Waals surface area contributed by atoms with Crippen molar-refractivity contribution >= 4 is 40.5 Å². The molecule has 2 fully saturated rings. The fraction of sp³-hybridized carbons (Fsp3) is 0.439. The maximum absolute atomic E-state index is 14.4. The molecule has 2 N–H and O–H groups in total. The smallest absolute Gasteiger partial charge is 0.407 e. The van der Waals surface area contributed by atoms with Crippen molar-refractivity contribution in [3.8, 4) is 11.1 Å². The van der Waals surface area contributed by atoms with E-state index in [1.165, 1.54) is 31.7 Å². The summed E-state index contributed by atoms with van der Waals surface area (Å²) in [7, 11) is 0. The van der Waals surface area contributed by atoms with Gasteiger partial charge in [-0.2, -0.15) is 0 Å². The second-order valence-corrected chi connectivity index (χ2v) is 14.9. The minimum Gasteiger partial charge on any atom is -0.464 e. The predicted octanol–water partition coefficient (Wildman–Crippen LogP) is 9.35. The lowest BCUT2D eigenvalue weighted by atomic mass is 9.97. The van der Waals surface area contributed by atoms with E-state index in [1.54, 1.807) is 23.3 Å². The van der Waals surface area contributed by atoms with Crippen molar-refractivity contribution in [2.75, 3.05) is 0 Å². The minimum absolute atomic E-state index is 0.00109. The van der Waals surface area contributed by atoms with Crippen LogP contribution in [0.3, 0.4) is 0 Å². The molecule has 272 valence electrons. The summed E-state index contributed by atoms with van der Waals surface area (Å²) in [6, 6.07) is 17.6. The molecule has 1 aromatic heterocycles. The highest BCUT2D eigenvalue weighted by Gasteiger charge is 2.55. The number of carbonyl (C=O) groups excluding carboxylic acids is 3. The van der Waals surface area contributed by atoms with Crippen LogP contribution in [0, 0.1) is 11.7 Å². The van der Waals surface area contributed by atoms with Crippen molar-refractivity contribution in [3.63, 3.8) is 0 Å². The molecule has 2 heterocycles. The first-order valence-electron chi connectivity index (χ1n) is 18.0. The van der Waals surface area contributed by atoms with Gasteiger partial charge in [0.05, 0.1) is 17.7 Å². The number of amides is 3. The average Bonchev–Trinajstić information content (AvgIpc) is 3.49. The van der Waals surface area contributed by atoms with Gasteiger partial charge in [0, 0.05) is 35.6 Å². The Labute approximate surface area is 305 Å². The van der Waals surface area contributed by atoms with E-state index < -0.39 is 23.6 Å². The van der Waals surface area contributed by atoms with Crippen molar-refractivity contribution in [2.45, 2.75) is 110 Å². The maximum atomic E-state index is 14.4. The lowest BCUT2D eigenvalue weighted by molar-refractivity contribution is -0.139. The molecule has 8 nitrogen and oxygen atoms in total. The fourth-order valence-corrected chi connectivity index (χ4v) is 6.79. The van der Waals surface area contributed by atoms with E-state index in [4.69, 9.17) is 20.8 Å². The van der Waals surface area contributed by atoms with Crippen LogP contribution in [0.2, 0.25) is 5.02 Å². The Morgan fingerprint density at radius 1 is 0.941 bits per heavy atom. The number of carbonyl (C=O) groups is 3. The summed E-state index contributed by atoms with van der Waals surface area (Å²) in [5.74, 6) is -0.676. The number of nitrogens with zero attached hydrogens (tertiary/aromatic N) is 1. The summed E-state index contributed by atoms with van der Waals surface area (Å²) < 4.78 is 25.5. The monoisotopic (exact) mass is 717 g/mol. The summed E-state index contributed by atoms with van der Waals surface area (Å²) in [4.78, 5) is 40.9. The molecule has 51 heavy (non-hydrogen) atoms. The Balaban J connectivity index is 0.000000774. The van der Waals surface area contributed by atoms with Gasteiger partial charge in [-0.1, -0.05) is 81.5 Å². The SMILES string of the molecule is CC(C)(C)OC(=O)NCc1cccc(-c2cc(CC(=O)N3[C@@H]4C[C@@H]4C[C@H]3C(=O)NCc3cccc(Cl)c3F)cc3ccoc23)c1.CCCCCC. The summed E-state index contributed by atoms with van der Waals surface area (Å²) >= 11 is 5.89. The highest BCUT2D eigenvalue weighted by Crippen LogP contribution is 2.48. The van der Waals surface area contributed by atoms with Gasteiger partial charge in [-0.3, -0.25) is 9.59 Å². The third-order valence-electron chi connectivity index (χ3n) is 9.18. The summed E-state index contributed by atoms with van der Waals surface area (Å²) in [6.07, 6.45) is 8.25. The zero-order chi connectivity index (χ0) is 36.7. The van der Waals surface area contributed by atoms with Crippen LogP contribution in [0.5, 0.6) is 0 Å². The molecule has 3 aromatic carbocycles. The fourth-order valence-electron chi connectivity index (χ4n) is 6.60. The third-order valence-corrected chi connectivity index (χ3v) is 9.47. The predicted molar refractivity (Wildman–Crippen MR) is 199 cm³/mol. The first-order chi connectivity index (χ1) is 24.4. The van der Waals surface area contributed by atoms with Gasteiger partial charge >= 0.3 is 6.09 Å². The number of nitrogens with one attached hydrogen (secondary N) is 2. The van der Waals surface area contributed by atoms with Gasteiger partial charge in [-0.15, -0.1) is 0 Å². The van der Waals surface area contributed by atoms with Crippen LogP contribution >= 0.6 is 11.6 Å². The molecule has 6 rings (SSSR count). The highest BCUT2D eigenvalue weighted by molar-refractivity contribution is 6.30. The van der Waals surface area contributed by atoms with Crippen LogP contribution in [0.25, 0.3) is 22.1 Å². The number of furan rings is 1. The van der Waals surface area contributed by atoms with Gasteiger partial charge in [0.15, 0.2) is 0 Å². The molecule has 3 atom stereocenters. The van der Waals surface area contributed by atoms with Crippen molar-refractivity contribution in [2.24, 2.45) is 5.92 Å². The average molecular weight is 718 g/mol. The van der Waals surface area contributed by atoms with Crippen LogP contribution in [0.1, 0.15) is 89.8 Å². The van der Waals surface area contributed by atoms with E-state index in [9.17, 15) is 18.8 Å². The largest absolute Gasteiger partial charge is 0.464 e. The number of hydrogen-bond donors (Lipinski definition) is 2. The Hall–Kier alpha value is -4.37. The highest BCUT2D eigenvalue weighted by atomic mass is 35.5. The third kappa shape index (κ3) is 9.91. The standard InChI is InChI=1S/C35H35ClFN3O5.C6H14/c1-35(2,3)45-34(43)39-18-20-6-4-7-22(12-20)26-14-21(13-23-10-11-44-32(23)26)15-30(41)40-28-16-25(28)17-29(40)33(42)38-19-24-8-5-9-27(36)31(24)37;1-3-5-6-4-2/h4-14,25,28-29H,15-19H2,1-3H3,(H,38,42)(H,39,43);3-6H2,1-2H3/t25-,28-,29+;/m1./s1. The van der Waals surface area contributed by atoms with Crippen LogP contribution in [0.15, 0.2) is 71.3 Å². The summed E-state index contributed by atoms with van der Waals surface area (Å²) in [5.41, 5.74) is 3.77. The molecule has 4 aromatic rings. The van der Waals surface area contributed by atoms with Gasteiger partial charge in [0.25, 0.3) is 0 Å². The number of halogens is 2. The topological polar surface area (TPSA) is 101 Å². The van der Waals surface area contributed by atoms with Crippen LogP contribution in [0.4, 0.5) is 9.18 Å². The van der Waals surface area contributed by atoms with Crippen molar-refractivity contribution in [1.82, 2.24) is 15.5 Å². The zero-order valence-corrected chi connectivity index (χ0v) is 30.9. The molecule has 0 bridgehead atoms. The van der Waals surface area contributed by atoms with Gasteiger partial charge in [0.2, 0.25) is 11.8 Å². The number of piperidine rings is 1. The number of unbranched alkanes of at least 4 members (excludes halogenated alkanes) is 3. The number of benzene rings is 3. The van der Waals surface area contributed by atoms with Crippen molar-refractivity contribution < 1.29 is 27.9 Å². The Morgan fingerprint density at radius 3 is 2.41 bits per heavy atom. The molecule has 1 saturated carbocycles. The quantitative estimate of drug-likeness (QED) is 0.151. The second-order valence-electron chi connectivity index (χ2n) is 14.5. The van der Waals surface area contributed by atoms with E-state index in [1.807, 2.05) is 63.2 Å². The molecule has 1 aliphatic carbocycles. The number of ether oxygens (including phenoxy) is 1. The molecule has 10 heteroatoms. The van der Waals surface area contributed by atoms with E-state index in [2.05, 4.69) is 24.5 Å². The van der Waals surface area contributed by atoms with Gasteiger partial charge < -0.3 is 24.7 Å². The molecule has 0 radical (unpaired) electrons. The second kappa shape index (κ2) is 16.8. The normalized spacial score (nSPS) is 17.7. The van der Waals surface area contributed by atoms with Gasteiger partial charge in [0.1, 0.15) is 23.0 Å². The molecule has 1 saturated heterocycles. The molecule has 3 amide bonds. The summed E-state index contributed by atoms with van der Waals surface area (Å²) in [5, 5.41) is 6.45. The van der Waals surface area contributed by atoms with E-state index in [-0.39, 0.29) is 42.4 Å². The molecule has 2 aliphatic rings. The number of rotatable bonds is 11. The number of hydrogen-bond acceptors (Lipinski definition) is 5. The Morgan fingerprint density at radius 2 is 1.69 bits per heavy atom. The van der Waals surface area contributed by atoms with Crippen molar-refractivity contribution in [3.05, 3.63) is 94.5 Å². The number of alkyl carbamates (subject to hydrolysis) is 1. The Kier molecular flexibility index (Phi) is 12.5. The summed E-state index contributed by atoms with van der Waals surface area (Å²) in [6.45, 7) is 10.2. The molecular weight excluding hydrogens is 669 g/mol. The molecule has 0 unspecified atom stereocenters. The van der Waals surface area contributed by atoms with Gasteiger partial charge in [-0.05, 0) is 86.6 Å². The first-order valence-corrected chi connectivity index (χ1v) is 18.3. The van der Waals surface area contributed by atoms with Crippen molar-refractivity contribution in [1.29, 1.82) is 0 Å². The van der Waals surface area contributed by atoms with E-state index in [0.717, 1.165) is 34.1 Å². The number of fused-ring (bicyclic) bond motifs is 2. The maximum Gasteiger partial charge on any atom is 0.407 e. The number of likely N-dealkylation sites (tertiary alicyclic amines) is 1. The Bertz CT molecular complexity index is 1850. The van der Waals surface area contributed by atoms with Crippen LogP contribution < -0.4 is 10.6 Å². The lowest BCUT2D eigenvalue weighted by Gasteiger charge is -2.27. The molecule has 0 spiro atoms. The van der Waals surface area contributed by atoms with Gasteiger partial charge in [-0.25, -0.2) is 9.18 Å². The zero-order valence-electron chi connectivity index (χ0n) is 30.2. The van der Waals surface area contributed by atoms with Crippen LogP contribution in [-0.2, 0) is 33.8 Å². The minimum atomic E-state index is -0.602. The van der Waals surface area contributed by atoms with Crippen LogP contribution in [-0.4, -0.2) is 40.5 Å². The first kappa shape index (κ1) is 37.9. The van der Waals surface area contributed by atoms with E-state index >= 15 is 0 Å². The molecular formula is C41H49ClFN3O5. The van der Waals surface area contributed by atoms with E-state index in [0.29, 0.717) is 23.5 Å².